The number of hydrogen-bond acceptors (Lipinski definition) is 4. The lowest BCUT2D eigenvalue weighted by Gasteiger charge is -2.56. The fraction of sp³-hybridized carbons (Fsp3) is 0.880. The van der Waals surface area contributed by atoms with Crippen LogP contribution < -0.4 is 0 Å². The summed E-state index contributed by atoms with van der Waals surface area (Å²) in [6.07, 6.45) is 1.98. The van der Waals surface area contributed by atoms with Gasteiger partial charge in [-0.05, 0) is 92.8 Å². The van der Waals surface area contributed by atoms with E-state index in [0.717, 1.165) is 38.5 Å². The fourth-order valence-corrected chi connectivity index (χ4v) is 8.21. The number of carboxylic acids is 1. The average Bonchev–Trinajstić information content (AvgIpc) is 3.12. The number of alkyl halides is 3. The lowest BCUT2D eigenvalue weighted by atomic mass is 9.49. The molecule has 186 valence electrons. The maximum absolute atomic E-state index is 13.3. The topological polar surface area (TPSA) is 80.7 Å². The maximum Gasteiger partial charge on any atom is 0.391 e. The van der Waals surface area contributed by atoms with Gasteiger partial charge in [-0.1, -0.05) is 6.92 Å². The number of halogens is 3. The summed E-state index contributed by atoms with van der Waals surface area (Å²) in [5, 5.41) is 8.67. The molecule has 0 aromatic carbocycles. The van der Waals surface area contributed by atoms with Crippen LogP contribution in [0.15, 0.2) is 0 Å². The van der Waals surface area contributed by atoms with Gasteiger partial charge in [-0.3, -0.25) is 14.4 Å². The summed E-state index contributed by atoms with van der Waals surface area (Å²) in [6, 6.07) is 0. The molecule has 4 fully saturated rings. The number of carbonyl (C=O) groups is 3. The lowest BCUT2D eigenvalue weighted by molar-refractivity contribution is -0.196. The van der Waals surface area contributed by atoms with Crippen molar-refractivity contribution in [2.45, 2.75) is 83.7 Å². The average molecular weight is 473 g/mol. The lowest BCUT2D eigenvalue weighted by Crippen LogP contribution is -2.50. The highest BCUT2D eigenvalue weighted by Gasteiger charge is 2.59. The number of Topliss-reactive ketones (excluding diaryl/α,β-unsaturated/α-hetero) is 1. The Labute approximate surface area is 192 Å². The predicted molar refractivity (Wildman–Crippen MR) is 113 cm³/mol. The van der Waals surface area contributed by atoms with Crippen molar-refractivity contribution in [3.63, 3.8) is 0 Å². The van der Waals surface area contributed by atoms with Crippen molar-refractivity contribution in [3.8, 4) is 0 Å². The molecule has 4 aliphatic rings. The van der Waals surface area contributed by atoms with Crippen molar-refractivity contribution >= 4 is 17.7 Å². The molecule has 8 atom stereocenters. The van der Waals surface area contributed by atoms with Gasteiger partial charge in [0, 0.05) is 5.92 Å². The minimum Gasteiger partial charge on any atom is -0.481 e. The number of carboxylic acid groups (broad SMARTS) is 1. The van der Waals surface area contributed by atoms with Gasteiger partial charge in [-0.15, -0.1) is 0 Å². The summed E-state index contributed by atoms with van der Waals surface area (Å²) < 4.78 is 44.9. The molecule has 8 heteroatoms. The molecule has 0 aliphatic heterocycles. The van der Waals surface area contributed by atoms with Crippen molar-refractivity contribution in [1.82, 2.24) is 0 Å². The summed E-state index contributed by atoms with van der Waals surface area (Å²) in [5.74, 6) is -1.23. The number of carbonyl (C=O) groups excluding carboxylic acids is 2. The first-order valence-electron chi connectivity index (χ1n) is 12.5. The number of aliphatic carboxylic acids is 1. The van der Waals surface area contributed by atoms with Gasteiger partial charge in [0.25, 0.3) is 0 Å². The molecule has 0 bridgehead atoms. The Hall–Kier alpha value is -1.60. The standard InChI is InChI=1S/C25H35F3O5/c1-24-11-10-17-16-5-3-15(25(26,27)28)12-14(16)2-4-18(17)19(24)6-7-20(24)21(29)13-33-23(32)9-8-22(30)31/h14-20H,2-13H2,1H3,(H,30,31). The van der Waals surface area contributed by atoms with Crippen LogP contribution in [-0.4, -0.2) is 35.6 Å². The van der Waals surface area contributed by atoms with Gasteiger partial charge in [0.05, 0.1) is 18.8 Å². The number of hydrogen-bond donors (Lipinski definition) is 1. The van der Waals surface area contributed by atoms with Crippen molar-refractivity contribution < 1.29 is 37.4 Å². The highest BCUT2D eigenvalue weighted by Crippen LogP contribution is 2.65. The van der Waals surface area contributed by atoms with Crippen molar-refractivity contribution in [3.05, 3.63) is 0 Å². The second-order valence-electron chi connectivity index (χ2n) is 11.2. The van der Waals surface area contributed by atoms with Crippen LogP contribution in [0.4, 0.5) is 13.2 Å². The van der Waals surface area contributed by atoms with Gasteiger partial charge < -0.3 is 9.84 Å². The van der Waals surface area contributed by atoms with E-state index in [-0.39, 0.29) is 55.3 Å². The van der Waals surface area contributed by atoms with E-state index in [0.29, 0.717) is 30.1 Å². The van der Waals surface area contributed by atoms with Gasteiger partial charge in [-0.25, -0.2) is 0 Å². The van der Waals surface area contributed by atoms with Gasteiger partial charge in [-0.2, -0.15) is 13.2 Å². The zero-order valence-electron chi connectivity index (χ0n) is 19.2. The van der Waals surface area contributed by atoms with Crippen LogP contribution in [0.5, 0.6) is 0 Å². The van der Waals surface area contributed by atoms with Gasteiger partial charge in [0.15, 0.2) is 5.78 Å². The van der Waals surface area contributed by atoms with E-state index < -0.39 is 24.0 Å². The molecule has 0 saturated heterocycles. The third kappa shape index (κ3) is 4.81. The summed E-state index contributed by atoms with van der Waals surface area (Å²) >= 11 is 0. The number of rotatable bonds is 6. The second kappa shape index (κ2) is 9.21. The van der Waals surface area contributed by atoms with Crippen LogP contribution in [-0.2, 0) is 19.1 Å². The van der Waals surface area contributed by atoms with E-state index >= 15 is 0 Å². The Morgan fingerprint density at radius 3 is 2.36 bits per heavy atom. The molecule has 5 nitrogen and oxygen atoms in total. The van der Waals surface area contributed by atoms with Crippen LogP contribution >= 0.6 is 0 Å². The van der Waals surface area contributed by atoms with Crippen molar-refractivity contribution in [1.29, 1.82) is 0 Å². The van der Waals surface area contributed by atoms with Crippen LogP contribution in [0.25, 0.3) is 0 Å². The SMILES string of the molecule is CC12CCC3C4CCC(C(F)(F)F)CC4CCC3C1CCC2C(=O)COC(=O)CCC(=O)O. The van der Waals surface area contributed by atoms with Gasteiger partial charge in [0.2, 0.25) is 0 Å². The number of fused-ring (bicyclic) bond motifs is 5. The molecule has 0 radical (unpaired) electrons. The van der Waals surface area contributed by atoms with E-state index in [1.807, 2.05) is 0 Å². The van der Waals surface area contributed by atoms with E-state index in [1.165, 1.54) is 0 Å². The number of ketones is 1. The van der Waals surface area contributed by atoms with E-state index in [1.54, 1.807) is 0 Å². The molecular weight excluding hydrogens is 437 g/mol. The zero-order chi connectivity index (χ0) is 24.0. The van der Waals surface area contributed by atoms with Crippen LogP contribution in [0.3, 0.4) is 0 Å². The first-order chi connectivity index (χ1) is 15.5. The molecule has 1 N–H and O–H groups in total. The number of esters is 1. The molecule has 0 aromatic heterocycles. The van der Waals surface area contributed by atoms with Crippen molar-refractivity contribution in [2.75, 3.05) is 6.61 Å². The van der Waals surface area contributed by atoms with Crippen LogP contribution in [0, 0.1) is 46.8 Å². The highest BCUT2D eigenvalue weighted by atomic mass is 19.4. The molecule has 4 saturated carbocycles. The maximum atomic E-state index is 13.3. The molecular formula is C25H35F3O5. The largest absolute Gasteiger partial charge is 0.481 e. The Kier molecular flexibility index (Phi) is 6.85. The Morgan fingerprint density at radius 1 is 0.939 bits per heavy atom. The second-order valence-corrected chi connectivity index (χ2v) is 11.2. The molecule has 4 aliphatic carbocycles. The minimum atomic E-state index is -4.08. The van der Waals surface area contributed by atoms with Crippen LogP contribution in [0.2, 0.25) is 0 Å². The third-order valence-corrected chi connectivity index (χ3v) is 9.72. The highest BCUT2D eigenvalue weighted by molar-refractivity contribution is 5.86. The van der Waals surface area contributed by atoms with Gasteiger partial charge >= 0.3 is 18.1 Å². The molecule has 33 heavy (non-hydrogen) atoms. The van der Waals surface area contributed by atoms with E-state index in [9.17, 15) is 27.6 Å². The van der Waals surface area contributed by atoms with Crippen LogP contribution in [0.1, 0.15) is 77.6 Å². The molecule has 0 amide bonds. The molecule has 4 rings (SSSR count). The Bertz CT molecular complexity index is 780. The summed E-state index contributed by atoms with van der Waals surface area (Å²) in [4.78, 5) is 35.3. The van der Waals surface area contributed by atoms with Crippen molar-refractivity contribution in [2.24, 2.45) is 46.8 Å². The summed E-state index contributed by atoms with van der Waals surface area (Å²) in [7, 11) is 0. The van der Waals surface area contributed by atoms with Gasteiger partial charge in [0.1, 0.15) is 6.61 Å². The summed E-state index contributed by atoms with van der Waals surface area (Å²) in [5.41, 5.74) is -0.151. The quantitative estimate of drug-likeness (QED) is 0.523. The normalized spacial score (nSPS) is 40.3. The molecule has 0 heterocycles. The summed E-state index contributed by atoms with van der Waals surface area (Å²) in [6.45, 7) is 1.88. The first-order valence-corrected chi connectivity index (χ1v) is 12.5. The molecule has 0 spiro atoms. The predicted octanol–water partition coefficient (Wildman–Crippen LogP) is 5.41. The van der Waals surface area contributed by atoms with E-state index in [4.69, 9.17) is 9.84 Å². The monoisotopic (exact) mass is 472 g/mol. The number of ether oxygens (including phenoxy) is 1. The molecule has 8 unspecified atom stereocenters. The fourth-order valence-electron chi connectivity index (χ4n) is 8.21. The van der Waals surface area contributed by atoms with E-state index in [2.05, 4.69) is 6.92 Å². The first kappa shape index (κ1) is 24.5. The Balaban J connectivity index is 1.36. The minimum absolute atomic E-state index is 0.0819. The zero-order valence-corrected chi connectivity index (χ0v) is 19.2. The Morgan fingerprint density at radius 2 is 1.67 bits per heavy atom. The molecule has 0 aromatic rings. The smallest absolute Gasteiger partial charge is 0.391 e. The third-order valence-electron chi connectivity index (χ3n) is 9.72.